The van der Waals surface area contributed by atoms with Crippen molar-refractivity contribution in [3.63, 3.8) is 0 Å². The molecule has 0 amide bonds. The minimum absolute atomic E-state index is 0.546. The number of hydrogen-bond donors (Lipinski definition) is 1. The van der Waals surface area contributed by atoms with Gasteiger partial charge in [0.2, 0.25) is 0 Å². The van der Waals surface area contributed by atoms with Crippen molar-refractivity contribution in [3.8, 4) is 0 Å². The fraction of sp³-hybridized carbons (Fsp3) is 0.520. The summed E-state index contributed by atoms with van der Waals surface area (Å²) in [4.78, 5) is 0. The van der Waals surface area contributed by atoms with Crippen molar-refractivity contribution >= 4 is 5.57 Å². The molecular weight excluding hydrogens is 314 g/mol. The third kappa shape index (κ3) is 5.37. The van der Waals surface area contributed by atoms with E-state index in [0.29, 0.717) is 11.8 Å². The number of benzene rings is 1. The van der Waals surface area contributed by atoms with Gasteiger partial charge in [0.15, 0.2) is 0 Å². The van der Waals surface area contributed by atoms with E-state index in [1.165, 1.54) is 54.4 Å². The van der Waals surface area contributed by atoms with Gasteiger partial charge in [-0.3, -0.25) is 0 Å². The topological polar surface area (TPSA) is 12.0 Å². The molecule has 1 unspecified atom stereocenters. The number of hydrogen-bond acceptors (Lipinski definition) is 1. The first-order chi connectivity index (χ1) is 12.5. The number of allylic oxidation sites excluding steroid dienone is 3. The minimum atomic E-state index is 0.546. The van der Waals surface area contributed by atoms with Gasteiger partial charge in [-0.15, -0.1) is 0 Å². The van der Waals surface area contributed by atoms with Crippen LogP contribution in [0.1, 0.15) is 88.3 Å². The third-order valence-electron chi connectivity index (χ3n) is 5.72. The Morgan fingerprint density at radius 2 is 1.88 bits per heavy atom. The molecule has 1 N–H and O–H groups in total. The molecule has 0 radical (unpaired) electrons. The Hall–Kier alpha value is -1.76. The van der Waals surface area contributed by atoms with Crippen molar-refractivity contribution in [2.75, 3.05) is 0 Å². The van der Waals surface area contributed by atoms with Crippen molar-refractivity contribution in [1.29, 1.82) is 0 Å². The summed E-state index contributed by atoms with van der Waals surface area (Å²) in [5.41, 5.74) is 7.73. The Bertz CT molecular complexity index is 646. The van der Waals surface area contributed by atoms with Crippen molar-refractivity contribution in [2.45, 2.75) is 78.1 Å². The lowest BCUT2D eigenvalue weighted by Crippen LogP contribution is -2.25. The molecule has 1 heterocycles. The largest absolute Gasteiger partial charge is 0.363 e. The SMILES string of the molecule is C=C1CCC(CCc2cc(C(CCC)CCC)ccc2C(=C)C)C(=C)N1. The fourth-order valence-corrected chi connectivity index (χ4v) is 4.23. The van der Waals surface area contributed by atoms with Crippen molar-refractivity contribution < 1.29 is 0 Å². The van der Waals surface area contributed by atoms with E-state index in [9.17, 15) is 0 Å². The first kappa shape index (κ1) is 20.6. The summed E-state index contributed by atoms with van der Waals surface area (Å²) in [7, 11) is 0. The molecule has 0 aromatic heterocycles. The molecule has 1 aromatic carbocycles. The molecule has 0 spiro atoms. The lowest BCUT2D eigenvalue weighted by atomic mass is 9.84. The Kier molecular flexibility index (Phi) is 7.75. The second-order valence-corrected chi connectivity index (χ2v) is 8.00. The first-order valence-corrected chi connectivity index (χ1v) is 10.4. The molecule has 26 heavy (non-hydrogen) atoms. The van der Waals surface area contributed by atoms with Crippen LogP contribution in [-0.2, 0) is 6.42 Å². The maximum absolute atomic E-state index is 4.22. The van der Waals surface area contributed by atoms with E-state index in [1.54, 1.807) is 0 Å². The van der Waals surface area contributed by atoms with Crippen LogP contribution in [0.3, 0.4) is 0 Å². The highest BCUT2D eigenvalue weighted by atomic mass is 14.9. The predicted octanol–water partition coefficient (Wildman–Crippen LogP) is 7.36. The maximum Gasteiger partial charge on any atom is 0.0107 e. The lowest BCUT2D eigenvalue weighted by Gasteiger charge is -2.28. The van der Waals surface area contributed by atoms with Crippen molar-refractivity contribution in [3.05, 3.63) is 66.0 Å². The number of aryl methyl sites for hydroxylation is 1. The van der Waals surface area contributed by atoms with E-state index in [1.807, 2.05) is 0 Å². The molecule has 1 heteroatoms. The van der Waals surface area contributed by atoms with Crippen molar-refractivity contribution in [2.24, 2.45) is 5.92 Å². The van der Waals surface area contributed by atoms with Crippen LogP contribution in [0.25, 0.3) is 5.57 Å². The Morgan fingerprint density at radius 3 is 2.46 bits per heavy atom. The zero-order chi connectivity index (χ0) is 19.1. The second kappa shape index (κ2) is 9.80. The summed E-state index contributed by atoms with van der Waals surface area (Å²) < 4.78 is 0. The Labute approximate surface area is 161 Å². The molecule has 1 aromatic rings. The minimum Gasteiger partial charge on any atom is -0.363 e. The van der Waals surface area contributed by atoms with Crippen LogP contribution in [0.4, 0.5) is 0 Å². The third-order valence-corrected chi connectivity index (χ3v) is 5.72. The highest BCUT2D eigenvalue weighted by Gasteiger charge is 2.20. The van der Waals surface area contributed by atoms with Gasteiger partial charge in [0.1, 0.15) is 0 Å². The molecular formula is C25H37N. The van der Waals surface area contributed by atoms with Gasteiger partial charge in [-0.25, -0.2) is 0 Å². The summed E-state index contributed by atoms with van der Waals surface area (Å²) in [5, 5.41) is 3.36. The first-order valence-electron chi connectivity index (χ1n) is 10.4. The summed E-state index contributed by atoms with van der Waals surface area (Å²) in [6, 6.07) is 7.12. The molecule has 0 bridgehead atoms. The van der Waals surface area contributed by atoms with E-state index in [0.717, 1.165) is 30.7 Å². The van der Waals surface area contributed by atoms with E-state index in [4.69, 9.17) is 0 Å². The quantitative estimate of drug-likeness (QED) is 0.490. The van der Waals surface area contributed by atoms with Gasteiger partial charge in [-0.2, -0.15) is 0 Å². The molecule has 1 saturated heterocycles. The molecule has 142 valence electrons. The monoisotopic (exact) mass is 351 g/mol. The molecule has 1 nitrogen and oxygen atoms in total. The zero-order valence-electron chi connectivity index (χ0n) is 17.2. The van der Waals surface area contributed by atoms with E-state index in [-0.39, 0.29) is 0 Å². The number of rotatable bonds is 9. The average molecular weight is 352 g/mol. The van der Waals surface area contributed by atoms with Gasteiger partial charge < -0.3 is 5.32 Å². The normalized spacial score (nSPS) is 17.5. The van der Waals surface area contributed by atoms with Gasteiger partial charge in [0, 0.05) is 11.4 Å². The molecule has 2 rings (SSSR count). The predicted molar refractivity (Wildman–Crippen MR) is 116 cm³/mol. The second-order valence-electron chi connectivity index (χ2n) is 8.00. The van der Waals surface area contributed by atoms with Gasteiger partial charge in [-0.1, -0.05) is 70.2 Å². The molecule has 1 atom stereocenters. The van der Waals surface area contributed by atoms with Crippen LogP contribution < -0.4 is 5.32 Å². The molecule has 1 fully saturated rings. The highest BCUT2D eigenvalue weighted by Crippen LogP contribution is 2.32. The summed E-state index contributed by atoms with van der Waals surface area (Å²) >= 11 is 0. The smallest absolute Gasteiger partial charge is 0.0107 e. The van der Waals surface area contributed by atoms with Crippen LogP contribution in [-0.4, -0.2) is 0 Å². The van der Waals surface area contributed by atoms with E-state index in [2.05, 4.69) is 64.0 Å². The van der Waals surface area contributed by atoms with Gasteiger partial charge in [-0.05, 0) is 74.0 Å². The van der Waals surface area contributed by atoms with Gasteiger partial charge in [0.05, 0.1) is 0 Å². The highest BCUT2D eigenvalue weighted by molar-refractivity contribution is 5.65. The Balaban J connectivity index is 2.18. The van der Waals surface area contributed by atoms with Gasteiger partial charge in [0.25, 0.3) is 0 Å². The standard InChI is InChI=1S/C25H37N/c1-7-9-22(10-8-2)23-15-16-25(18(3)4)24(17-23)14-13-21-12-11-19(5)26-20(21)6/h15-17,21-22,26H,3,5-14H2,1-2,4H3. The summed E-state index contributed by atoms with van der Waals surface area (Å²) in [5.74, 6) is 1.24. The molecule has 0 saturated carbocycles. The molecule has 1 aliphatic rings. The van der Waals surface area contributed by atoms with Crippen molar-refractivity contribution in [1.82, 2.24) is 5.32 Å². The van der Waals surface area contributed by atoms with Crippen LogP contribution >= 0.6 is 0 Å². The molecule has 0 aliphatic carbocycles. The van der Waals surface area contributed by atoms with Crippen LogP contribution in [0.2, 0.25) is 0 Å². The zero-order valence-corrected chi connectivity index (χ0v) is 17.2. The maximum atomic E-state index is 4.22. The van der Waals surface area contributed by atoms with Crippen LogP contribution in [0.5, 0.6) is 0 Å². The van der Waals surface area contributed by atoms with E-state index < -0.39 is 0 Å². The Morgan fingerprint density at radius 1 is 1.19 bits per heavy atom. The fourth-order valence-electron chi connectivity index (χ4n) is 4.23. The van der Waals surface area contributed by atoms with E-state index >= 15 is 0 Å². The van der Waals surface area contributed by atoms with Crippen LogP contribution in [0, 0.1) is 5.92 Å². The lowest BCUT2D eigenvalue weighted by molar-refractivity contribution is 0.456. The summed E-state index contributed by atoms with van der Waals surface area (Å²) in [6.07, 6.45) is 9.54. The summed E-state index contributed by atoms with van der Waals surface area (Å²) in [6.45, 7) is 19.2. The van der Waals surface area contributed by atoms with Gasteiger partial charge >= 0.3 is 0 Å². The molecule has 1 aliphatic heterocycles. The number of nitrogens with one attached hydrogen (secondary N) is 1. The van der Waals surface area contributed by atoms with Crippen LogP contribution in [0.15, 0.2) is 49.3 Å². The average Bonchev–Trinajstić information content (AvgIpc) is 2.60. The number of piperidine rings is 1.